The lowest BCUT2D eigenvalue weighted by Crippen LogP contribution is -2.13. The van der Waals surface area contributed by atoms with Crippen LogP contribution in [0.1, 0.15) is 27.2 Å². The number of hydrogen-bond donors (Lipinski definition) is 2. The van der Waals surface area contributed by atoms with Crippen molar-refractivity contribution < 1.29 is 9.53 Å². The molecule has 0 bridgehead atoms. The van der Waals surface area contributed by atoms with Gasteiger partial charge in [-0.1, -0.05) is 6.92 Å². The van der Waals surface area contributed by atoms with Gasteiger partial charge in [0.25, 0.3) is 0 Å². The molecular weight excluding hydrogens is 216 g/mol. The summed E-state index contributed by atoms with van der Waals surface area (Å²) in [7, 11) is 1.59. The zero-order valence-electron chi connectivity index (χ0n) is 10.8. The molecule has 1 rings (SSSR count). The number of benzene rings is 1. The van der Waals surface area contributed by atoms with Gasteiger partial charge in [0.05, 0.1) is 12.8 Å². The molecule has 0 spiro atoms. The highest BCUT2D eigenvalue weighted by atomic mass is 16.5. The molecule has 1 unspecified atom stereocenters. The fourth-order valence-electron chi connectivity index (χ4n) is 1.46. The maximum absolute atomic E-state index is 11.0. The summed E-state index contributed by atoms with van der Waals surface area (Å²) >= 11 is 0. The van der Waals surface area contributed by atoms with E-state index in [4.69, 9.17) is 4.74 Å². The van der Waals surface area contributed by atoms with Crippen molar-refractivity contribution in [3.8, 4) is 5.75 Å². The van der Waals surface area contributed by atoms with Crippen LogP contribution in [0.5, 0.6) is 5.75 Å². The predicted octanol–water partition coefficient (Wildman–Crippen LogP) is 2.86. The molecule has 1 atom stereocenters. The van der Waals surface area contributed by atoms with E-state index >= 15 is 0 Å². The van der Waals surface area contributed by atoms with E-state index in [1.807, 2.05) is 18.2 Å². The number of rotatable bonds is 5. The lowest BCUT2D eigenvalue weighted by atomic mass is 10.2. The molecule has 1 aromatic carbocycles. The zero-order chi connectivity index (χ0) is 12.8. The van der Waals surface area contributed by atoms with E-state index in [-0.39, 0.29) is 5.91 Å². The molecule has 17 heavy (non-hydrogen) atoms. The van der Waals surface area contributed by atoms with Gasteiger partial charge in [-0.15, -0.1) is 0 Å². The fraction of sp³-hybridized carbons (Fsp3) is 0.462. The molecule has 1 aromatic rings. The number of carbonyl (C=O) groups is 1. The molecule has 0 saturated carbocycles. The summed E-state index contributed by atoms with van der Waals surface area (Å²) in [6.07, 6.45) is 1.05. The van der Waals surface area contributed by atoms with Crippen LogP contribution in [0.15, 0.2) is 18.2 Å². The van der Waals surface area contributed by atoms with Crippen molar-refractivity contribution in [3.05, 3.63) is 18.2 Å². The minimum absolute atomic E-state index is 0.106. The van der Waals surface area contributed by atoms with Crippen LogP contribution in [0.25, 0.3) is 0 Å². The maximum atomic E-state index is 11.0. The van der Waals surface area contributed by atoms with Crippen molar-refractivity contribution in [2.75, 3.05) is 17.7 Å². The minimum atomic E-state index is -0.106. The standard InChI is InChI=1S/C13H20N2O2/c1-5-9(2)14-11-6-7-12(15-10(3)16)13(8-11)17-4/h6-9,14H,5H2,1-4H3,(H,15,16). The maximum Gasteiger partial charge on any atom is 0.221 e. The van der Waals surface area contributed by atoms with Crippen molar-refractivity contribution in [2.45, 2.75) is 33.2 Å². The molecule has 0 radical (unpaired) electrons. The Morgan fingerprint density at radius 2 is 2.18 bits per heavy atom. The SMILES string of the molecule is CCC(C)Nc1ccc(NC(C)=O)c(OC)c1. The first-order chi connectivity index (χ1) is 8.06. The van der Waals surface area contributed by atoms with E-state index < -0.39 is 0 Å². The molecular formula is C13H20N2O2. The van der Waals surface area contributed by atoms with Gasteiger partial charge in [-0.05, 0) is 25.5 Å². The number of carbonyl (C=O) groups excluding carboxylic acids is 1. The van der Waals surface area contributed by atoms with Crippen LogP contribution in [-0.4, -0.2) is 19.1 Å². The van der Waals surface area contributed by atoms with Crippen LogP contribution >= 0.6 is 0 Å². The summed E-state index contributed by atoms with van der Waals surface area (Å²) in [6.45, 7) is 5.72. The van der Waals surface area contributed by atoms with Crippen molar-refractivity contribution in [2.24, 2.45) is 0 Å². The lowest BCUT2D eigenvalue weighted by molar-refractivity contribution is -0.114. The first kappa shape index (κ1) is 13.4. The van der Waals surface area contributed by atoms with Gasteiger partial charge >= 0.3 is 0 Å². The molecule has 0 aliphatic heterocycles. The number of hydrogen-bond acceptors (Lipinski definition) is 3. The van der Waals surface area contributed by atoms with E-state index in [1.165, 1.54) is 6.92 Å². The molecule has 1 amide bonds. The van der Waals surface area contributed by atoms with Crippen LogP contribution < -0.4 is 15.4 Å². The van der Waals surface area contributed by atoms with E-state index in [0.29, 0.717) is 17.5 Å². The Labute approximate surface area is 102 Å². The van der Waals surface area contributed by atoms with Crippen LogP contribution in [0, 0.1) is 0 Å². The molecule has 4 nitrogen and oxygen atoms in total. The summed E-state index contributed by atoms with van der Waals surface area (Å²) in [6, 6.07) is 6.06. The minimum Gasteiger partial charge on any atom is -0.494 e. The Kier molecular flexibility index (Phi) is 4.82. The molecule has 0 fully saturated rings. The Hall–Kier alpha value is -1.71. The molecule has 0 aliphatic carbocycles. The van der Waals surface area contributed by atoms with Gasteiger partial charge < -0.3 is 15.4 Å². The second-order valence-electron chi connectivity index (χ2n) is 4.05. The van der Waals surface area contributed by atoms with E-state index in [9.17, 15) is 4.79 Å². The first-order valence-electron chi connectivity index (χ1n) is 5.79. The Balaban J connectivity index is 2.88. The molecule has 2 N–H and O–H groups in total. The highest BCUT2D eigenvalue weighted by molar-refractivity contribution is 5.90. The van der Waals surface area contributed by atoms with Crippen molar-refractivity contribution >= 4 is 17.3 Å². The molecule has 94 valence electrons. The topological polar surface area (TPSA) is 50.4 Å². The third-order valence-electron chi connectivity index (χ3n) is 2.54. The number of amides is 1. The molecule has 0 aliphatic rings. The van der Waals surface area contributed by atoms with Gasteiger partial charge in [0.1, 0.15) is 5.75 Å². The summed E-state index contributed by atoms with van der Waals surface area (Å²) in [5.74, 6) is 0.555. The van der Waals surface area contributed by atoms with Gasteiger partial charge in [-0.25, -0.2) is 0 Å². The predicted molar refractivity (Wildman–Crippen MR) is 70.7 cm³/mol. The summed E-state index contributed by atoms with van der Waals surface area (Å²) < 4.78 is 5.25. The Bertz CT molecular complexity index is 391. The largest absolute Gasteiger partial charge is 0.494 e. The number of nitrogens with one attached hydrogen (secondary N) is 2. The van der Waals surface area contributed by atoms with E-state index in [0.717, 1.165) is 12.1 Å². The van der Waals surface area contributed by atoms with Crippen molar-refractivity contribution in [1.29, 1.82) is 0 Å². The third kappa shape index (κ3) is 3.98. The first-order valence-corrected chi connectivity index (χ1v) is 5.79. The smallest absolute Gasteiger partial charge is 0.221 e. The monoisotopic (exact) mass is 236 g/mol. The summed E-state index contributed by atoms with van der Waals surface area (Å²) in [5.41, 5.74) is 1.68. The lowest BCUT2D eigenvalue weighted by Gasteiger charge is -2.15. The molecule has 0 aromatic heterocycles. The second-order valence-corrected chi connectivity index (χ2v) is 4.05. The third-order valence-corrected chi connectivity index (χ3v) is 2.54. The molecule has 0 saturated heterocycles. The molecule has 0 heterocycles. The van der Waals surface area contributed by atoms with Crippen LogP contribution in [0.4, 0.5) is 11.4 Å². The van der Waals surface area contributed by atoms with Crippen LogP contribution in [0.3, 0.4) is 0 Å². The van der Waals surface area contributed by atoms with Gasteiger partial charge in [0.2, 0.25) is 5.91 Å². The van der Waals surface area contributed by atoms with Gasteiger partial charge in [0.15, 0.2) is 0 Å². The fourth-order valence-corrected chi connectivity index (χ4v) is 1.46. The van der Waals surface area contributed by atoms with Crippen molar-refractivity contribution in [1.82, 2.24) is 0 Å². The van der Waals surface area contributed by atoms with Gasteiger partial charge in [0, 0.05) is 24.7 Å². The van der Waals surface area contributed by atoms with Crippen molar-refractivity contribution in [3.63, 3.8) is 0 Å². The molecule has 4 heteroatoms. The number of methoxy groups -OCH3 is 1. The Morgan fingerprint density at radius 1 is 1.47 bits per heavy atom. The van der Waals surface area contributed by atoms with E-state index in [2.05, 4.69) is 24.5 Å². The number of anilines is 2. The summed E-state index contributed by atoms with van der Waals surface area (Å²) in [4.78, 5) is 11.0. The Morgan fingerprint density at radius 3 is 2.71 bits per heavy atom. The summed E-state index contributed by atoms with van der Waals surface area (Å²) in [5, 5.41) is 6.08. The average molecular weight is 236 g/mol. The van der Waals surface area contributed by atoms with Crippen LogP contribution in [-0.2, 0) is 4.79 Å². The van der Waals surface area contributed by atoms with E-state index in [1.54, 1.807) is 7.11 Å². The number of ether oxygens (including phenoxy) is 1. The highest BCUT2D eigenvalue weighted by Gasteiger charge is 2.06. The quantitative estimate of drug-likeness (QED) is 0.826. The second kappa shape index (κ2) is 6.13. The normalized spacial score (nSPS) is 11.8. The van der Waals surface area contributed by atoms with Gasteiger partial charge in [-0.3, -0.25) is 4.79 Å². The average Bonchev–Trinajstić information content (AvgIpc) is 2.30. The van der Waals surface area contributed by atoms with Gasteiger partial charge in [-0.2, -0.15) is 0 Å². The van der Waals surface area contributed by atoms with Crippen LogP contribution in [0.2, 0.25) is 0 Å². The zero-order valence-corrected chi connectivity index (χ0v) is 10.8. The highest BCUT2D eigenvalue weighted by Crippen LogP contribution is 2.28.